The van der Waals surface area contributed by atoms with Crippen LogP contribution in [-0.4, -0.2) is 36.5 Å². The lowest BCUT2D eigenvalue weighted by Crippen LogP contribution is -2.27. The van der Waals surface area contributed by atoms with Gasteiger partial charge in [0.1, 0.15) is 30.6 Å². The number of ether oxygens (including phenoxy) is 1. The third-order valence-electron chi connectivity index (χ3n) is 4.51. The standard InChI is InChI=1S/C23H23F3N4O2/c1-2-28-21(27)13-32-14-23(25,26)18-11-17(8-9-19(18)24)30-22(31)20-10-7-16(12-29-20)6-5-15-3-4-15/h7-12,15H,2-4,13-14H2,1H3,(H2,27,28)(H,30,31). The Morgan fingerprint density at radius 3 is 2.78 bits per heavy atom. The van der Waals surface area contributed by atoms with Crippen LogP contribution in [0.2, 0.25) is 0 Å². The number of amides is 1. The number of aliphatic imine (C=N–C) groups is 1. The minimum Gasteiger partial charge on any atom is -0.386 e. The summed E-state index contributed by atoms with van der Waals surface area (Å²) in [4.78, 5) is 20.3. The van der Waals surface area contributed by atoms with Gasteiger partial charge in [-0.2, -0.15) is 8.78 Å². The van der Waals surface area contributed by atoms with Crippen LogP contribution in [0, 0.1) is 23.6 Å². The summed E-state index contributed by atoms with van der Waals surface area (Å²) in [6, 6.07) is 6.06. The van der Waals surface area contributed by atoms with Crippen LogP contribution in [0.25, 0.3) is 0 Å². The Labute approximate surface area is 184 Å². The first-order valence-electron chi connectivity index (χ1n) is 10.1. The van der Waals surface area contributed by atoms with E-state index in [1.54, 1.807) is 13.0 Å². The zero-order valence-corrected chi connectivity index (χ0v) is 17.5. The van der Waals surface area contributed by atoms with Crippen LogP contribution in [0.3, 0.4) is 0 Å². The van der Waals surface area contributed by atoms with Gasteiger partial charge in [-0.3, -0.25) is 9.79 Å². The number of rotatable bonds is 8. The highest BCUT2D eigenvalue weighted by molar-refractivity contribution is 6.02. The lowest BCUT2D eigenvalue weighted by Gasteiger charge is -2.18. The van der Waals surface area contributed by atoms with Crippen molar-refractivity contribution in [3.8, 4) is 11.8 Å². The number of carbonyl (C=O) groups excluding carboxylic acids is 1. The van der Waals surface area contributed by atoms with E-state index in [2.05, 4.69) is 27.1 Å². The minimum atomic E-state index is -3.64. The van der Waals surface area contributed by atoms with E-state index in [0.29, 0.717) is 18.0 Å². The third-order valence-corrected chi connectivity index (χ3v) is 4.51. The maximum absolute atomic E-state index is 14.5. The Morgan fingerprint density at radius 1 is 1.34 bits per heavy atom. The number of alkyl halides is 2. The topological polar surface area (TPSA) is 89.6 Å². The summed E-state index contributed by atoms with van der Waals surface area (Å²) in [5.74, 6) is 1.21. The summed E-state index contributed by atoms with van der Waals surface area (Å²) < 4.78 is 47.9. The van der Waals surface area contributed by atoms with E-state index >= 15 is 0 Å². The highest BCUT2D eigenvalue weighted by atomic mass is 19.3. The molecule has 1 amide bonds. The molecule has 0 unspecified atom stereocenters. The van der Waals surface area contributed by atoms with Gasteiger partial charge in [0.15, 0.2) is 0 Å². The first kappa shape index (κ1) is 23.3. The summed E-state index contributed by atoms with van der Waals surface area (Å²) in [5.41, 5.74) is 5.36. The summed E-state index contributed by atoms with van der Waals surface area (Å²) in [5, 5.41) is 2.45. The lowest BCUT2D eigenvalue weighted by molar-refractivity contribution is -0.0775. The molecule has 32 heavy (non-hydrogen) atoms. The molecule has 168 valence electrons. The first-order chi connectivity index (χ1) is 15.3. The molecule has 1 heterocycles. The predicted molar refractivity (Wildman–Crippen MR) is 115 cm³/mol. The molecule has 0 spiro atoms. The molecule has 1 aliphatic carbocycles. The number of amidine groups is 1. The number of halogens is 3. The molecule has 9 heteroatoms. The molecule has 1 fully saturated rings. The second kappa shape index (κ2) is 10.3. The Hall–Kier alpha value is -3.38. The quantitative estimate of drug-likeness (QED) is 0.369. The molecule has 6 nitrogen and oxygen atoms in total. The number of hydrogen-bond donors (Lipinski definition) is 2. The Bertz CT molecular complexity index is 1060. The van der Waals surface area contributed by atoms with E-state index in [0.717, 1.165) is 25.0 Å². The molecule has 2 aromatic rings. The molecule has 3 rings (SSSR count). The monoisotopic (exact) mass is 444 g/mol. The maximum atomic E-state index is 14.5. The molecular weight excluding hydrogens is 421 g/mol. The van der Waals surface area contributed by atoms with Gasteiger partial charge in [0, 0.05) is 29.9 Å². The Morgan fingerprint density at radius 2 is 2.12 bits per heavy atom. The van der Waals surface area contributed by atoms with Crippen LogP contribution in [0.5, 0.6) is 0 Å². The number of aromatic nitrogens is 1. The van der Waals surface area contributed by atoms with Gasteiger partial charge in [-0.15, -0.1) is 0 Å². The third kappa shape index (κ3) is 6.56. The fraction of sp³-hybridized carbons (Fsp3) is 0.348. The Kier molecular flexibility index (Phi) is 7.49. The number of benzene rings is 1. The van der Waals surface area contributed by atoms with E-state index in [4.69, 9.17) is 10.5 Å². The first-order valence-corrected chi connectivity index (χ1v) is 10.1. The number of hydrogen-bond acceptors (Lipinski definition) is 4. The van der Waals surface area contributed by atoms with Gasteiger partial charge in [-0.1, -0.05) is 11.8 Å². The van der Waals surface area contributed by atoms with Gasteiger partial charge in [0.2, 0.25) is 0 Å². The largest absolute Gasteiger partial charge is 0.386 e. The number of anilines is 1. The molecular formula is C23H23F3N4O2. The highest BCUT2D eigenvalue weighted by Gasteiger charge is 2.35. The van der Waals surface area contributed by atoms with Crippen molar-refractivity contribution in [1.82, 2.24) is 4.98 Å². The second-order valence-corrected chi connectivity index (χ2v) is 7.29. The van der Waals surface area contributed by atoms with Gasteiger partial charge < -0.3 is 15.8 Å². The van der Waals surface area contributed by atoms with Gasteiger partial charge in [-0.25, -0.2) is 9.37 Å². The average molecular weight is 444 g/mol. The van der Waals surface area contributed by atoms with E-state index in [9.17, 15) is 18.0 Å². The molecule has 1 aromatic carbocycles. The summed E-state index contributed by atoms with van der Waals surface area (Å²) in [6.07, 6.45) is 3.68. The van der Waals surface area contributed by atoms with E-state index in [1.165, 1.54) is 18.3 Å². The van der Waals surface area contributed by atoms with Crippen molar-refractivity contribution in [1.29, 1.82) is 0 Å². The zero-order chi connectivity index (χ0) is 23.1. The number of nitrogens with zero attached hydrogens (tertiary/aromatic N) is 2. The average Bonchev–Trinajstić information content (AvgIpc) is 3.58. The number of nitrogens with two attached hydrogens (primary N) is 1. The van der Waals surface area contributed by atoms with Gasteiger partial charge in [0.25, 0.3) is 11.8 Å². The highest BCUT2D eigenvalue weighted by Crippen LogP contribution is 2.32. The van der Waals surface area contributed by atoms with Gasteiger partial charge >= 0.3 is 0 Å². The molecule has 1 saturated carbocycles. The fourth-order valence-electron chi connectivity index (χ4n) is 2.70. The van der Waals surface area contributed by atoms with Crippen molar-refractivity contribution >= 4 is 17.4 Å². The summed E-state index contributed by atoms with van der Waals surface area (Å²) in [6.45, 7) is 0.748. The summed E-state index contributed by atoms with van der Waals surface area (Å²) >= 11 is 0. The molecule has 0 aliphatic heterocycles. The van der Waals surface area contributed by atoms with Crippen LogP contribution in [-0.2, 0) is 10.7 Å². The maximum Gasteiger partial charge on any atom is 0.298 e. The fourth-order valence-corrected chi connectivity index (χ4v) is 2.70. The number of nitrogens with one attached hydrogen (secondary N) is 1. The van der Waals surface area contributed by atoms with E-state index in [1.807, 2.05) is 0 Å². The second-order valence-electron chi connectivity index (χ2n) is 7.29. The molecule has 1 aliphatic rings. The van der Waals surface area contributed by atoms with Crippen molar-refractivity contribution in [2.24, 2.45) is 16.6 Å². The Balaban J connectivity index is 1.66. The minimum absolute atomic E-state index is 0.00228. The lowest BCUT2D eigenvalue weighted by atomic mass is 10.1. The van der Waals surface area contributed by atoms with Gasteiger partial charge in [-0.05, 0) is 50.1 Å². The van der Waals surface area contributed by atoms with Crippen LogP contribution >= 0.6 is 0 Å². The van der Waals surface area contributed by atoms with Crippen molar-refractivity contribution in [2.75, 3.05) is 25.1 Å². The summed E-state index contributed by atoms with van der Waals surface area (Å²) in [7, 11) is 0. The van der Waals surface area contributed by atoms with Crippen molar-refractivity contribution < 1.29 is 22.7 Å². The van der Waals surface area contributed by atoms with Crippen LogP contribution in [0.4, 0.5) is 18.9 Å². The predicted octanol–water partition coefficient (Wildman–Crippen LogP) is 3.72. The van der Waals surface area contributed by atoms with Crippen molar-refractivity contribution in [3.05, 3.63) is 59.2 Å². The number of pyridine rings is 1. The van der Waals surface area contributed by atoms with E-state index < -0.39 is 29.8 Å². The smallest absolute Gasteiger partial charge is 0.298 e. The van der Waals surface area contributed by atoms with Crippen molar-refractivity contribution in [3.63, 3.8) is 0 Å². The van der Waals surface area contributed by atoms with Crippen molar-refractivity contribution in [2.45, 2.75) is 25.7 Å². The normalized spacial score (nSPS) is 13.9. The molecule has 0 saturated heterocycles. The molecule has 0 radical (unpaired) electrons. The molecule has 0 atom stereocenters. The molecule has 1 aromatic heterocycles. The van der Waals surface area contributed by atoms with E-state index in [-0.39, 0.29) is 23.8 Å². The molecule has 0 bridgehead atoms. The van der Waals surface area contributed by atoms with Crippen LogP contribution in [0.1, 0.15) is 41.4 Å². The van der Waals surface area contributed by atoms with Gasteiger partial charge in [0.05, 0.1) is 5.56 Å². The SMILES string of the molecule is CCN=C(N)COCC(F)(F)c1cc(NC(=O)c2ccc(C#CC3CC3)cn2)ccc1F. The zero-order valence-electron chi connectivity index (χ0n) is 17.5. The molecule has 3 N–H and O–H groups in total. The van der Waals surface area contributed by atoms with Crippen LogP contribution in [0.15, 0.2) is 41.5 Å². The number of carbonyl (C=O) groups is 1. The van der Waals surface area contributed by atoms with Crippen LogP contribution < -0.4 is 11.1 Å².